The second-order valence-electron chi connectivity index (χ2n) is 9.46. The molecule has 7 nitrogen and oxygen atoms in total. The van der Waals surface area contributed by atoms with E-state index in [0.717, 1.165) is 37.8 Å². The van der Waals surface area contributed by atoms with Crippen LogP contribution in [0.1, 0.15) is 55.0 Å². The highest BCUT2D eigenvalue weighted by molar-refractivity contribution is 5.81. The molecule has 2 aromatic heterocycles. The molecule has 3 unspecified atom stereocenters. The maximum absolute atomic E-state index is 4.56. The fraction of sp³-hybridized carbons (Fsp3) is 0.565. The molecule has 2 saturated carbocycles. The third-order valence-corrected chi connectivity index (χ3v) is 7.16. The van der Waals surface area contributed by atoms with E-state index >= 15 is 0 Å². The SMILES string of the molecule is c1cc2cc(CNCC3CC3)[nH]c2cc1Cn1cc(C2CCCC3NNCC32)nn1. The van der Waals surface area contributed by atoms with E-state index in [2.05, 4.69) is 61.9 Å². The van der Waals surface area contributed by atoms with Crippen molar-refractivity contribution in [3.63, 3.8) is 0 Å². The van der Waals surface area contributed by atoms with Crippen LogP contribution in [-0.2, 0) is 13.1 Å². The molecule has 0 radical (unpaired) electrons. The highest BCUT2D eigenvalue weighted by atomic mass is 15.4. The number of hydrogen-bond donors (Lipinski definition) is 4. The average molecular weight is 406 g/mol. The molecular formula is C23H31N7. The lowest BCUT2D eigenvalue weighted by Gasteiger charge is -2.31. The van der Waals surface area contributed by atoms with Gasteiger partial charge in [0.1, 0.15) is 0 Å². The van der Waals surface area contributed by atoms with Crippen molar-refractivity contribution >= 4 is 10.9 Å². The van der Waals surface area contributed by atoms with E-state index in [1.807, 2.05) is 4.68 Å². The Morgan fingerprint density at radius 3 is 3.03 bits per heavy atom. The van der Waals surface area contributed by atoms with E-state index in [1.165, 1.54) is 54.3 Å². The molecule has 3 heterocycles. The molecule has 0 amide bonds. The van der Waals surface area contributed by atoms with Crippen LogP contribution >= 0.6 is 0 Å². The molecule has 30 heavy (non-hydrogen) atoms. The van der Waals surface area contributed by atoms with Gasteiger partial charge in [0.15, 0.2) is 0 Å². The summed E-state index contributed by atoms with van der Waals surface area (Å²) >= 11 is 0. The zero-order valence-electron chi connectivity index (χ0n) is 17.4. The summed E-state index contributed by atoms with van der Waals surface area (Å²) in [5.41, 5.74) is 11.6. The predicted octanol–water partition coefficient (Wildman–Crippen LogP) is 2.67. The van der Waals surface area contributed by atoms with E-state index in [-0.39, 0.29) is 0 Å². The normalized spacial score (nSPS) is 26.3. The van der Waals surface area contributed by atoms with Crippen molar-refractivity contribution in [2.24, 2.45) is 11.8 Å². The Labute approximate surface area is 177 Å². The minimum atomic E-state index is 0.511. The van der Waals surface area contributed by atoms with Gasteiger partial charge in [-0.3, -0.25) is 10.9 Å². The summed E-state index contributed by atoms with van der Waals surface area (Å²) in [7, 11) is 0. The Morgan fingerprint density at radius 1 is 1.13 bits per heavy atom. The number of hydrazine groups is 1. The third-order valence-electron chi connectivity index (χ3n) is 7.16. The van der Waals surface area contributed by atoms with Crippen molar-refractivity contribution < 1.29 is 0 Å². The fourth-order valence-corrected chi connectivity index (χ4v) is 5.31. The monoisotopic (exact) mass is 405 g/mol. The first kappa shape index (κ1) is 18.5. The van der Waals surface area contributed by atoms with Crippen LogP contribution in [0.15, 0.2) is 30.5 Å². The van der Waals surface area contributed by atoms with Gasteiger partial charge in [0, 0.05) is 42.5 Å². The van der Waals surface area contributed by atoms with Crippen LogP contribution in [0, 0.1) is 11.8 Å². The number of nitrogens with zero attached hydrogens (tertiary/aromatic N) is 3. The zero-order valence-corrected chi connectivity index (χ0v) is 17.4. The lowest BCUT2D eigenvalue weighted by molar-refractivity contribution is 0.287. The molecule has 6 rings (SSSR count). The van der Waals surface area contributed by atoms with E-state index in [0.29, 0.717) is 17.9 Å². The number of hydrogen-bond acceptors (Lipinski definition) is 5. The summed E-state index contributed by atoms with van der Waals surface area (Å²) in [6.07, 6.45) is 8.68. The molecule has 4 N–H and O–H groups in total. The van der Waals surface area contributed by atoms with Crippen LogP contribution in [0.4, 0.5) is 0 Å². The molecule has 1 saturated heterocycles. The molecule has 3 atom stereocenters. The van der Waals surface area contributed by atoms with E-state index < -0.39 is 0 Å². The van der Waals surface area contributed by atoms with Gasteiger partial charge in [0.05, 0.1) is 12.2 Å². The second kappa shape index (κ2) is 7.80. The van der Waals surface area contributed by atoms with Gasteiger partial charge in [-0.25, -0.2) is 4.68 Å². The summed E-state index contributed by atoms with van der Waals surface area (Å²) < 4.78 is 2.00. The molecule has 1 aromatic carbocycles. The number of aromatic nitrogens is 4. The topological polar surface area (TPSA) is 82.6 Å². The molecule has 3 fully saturated rings. The van der Waals surface area contributed by atoms with Gasteiger partial charge < -0.3 is 10.3 Å². The predicted molar refractivity (Wildman–Crippen MR) is 117 cm³/mol. The molecule has 2 aliphatic carbocycles. The van der Waals surface area contributed by atoms with Crippen molar-refractivity contribution in [3.8, 4) is 0 Å². The van der Waals surface area contributed by atoms with Gasteiger partial charge in [0.2, 0.25) is 0 Å². The Balaban J connectivity index is 1.13. The third kappa shape index (κ3) is 3.77. The summed E-state index contributed by atoms with van der Waals surface area (Å²) in [6.45, 7) is 3.85. The van der Waals surface area contributed by atoms with Crippen molar-refractivity contribution in [1.82, 2.24) is 36.1 Å². The number of fused-ring (bicyclic) bond motifs is 2. The first-order valence-electron chi connectivity index (χ1n) is 11.5. The smallest absolute Gasteiger partial charge is 0.0862 e. The minimum absolute atomic E-state index is 0.511. The van der Waals surface area contributed by atoms with Gasteiger partial charge in [-0.15, -0.1) is 5.10 Å². The van der Waals surface area contributed by atoms with Gasteiger partial charge in [-0.2, -0.15) is 0 Å². The van der Waals surface area contributed by atoms with Gasteiger partial charge in [0.25, 0.3) is 0 Å². The van der Waals surface area contributed by atoms with Crippen LogP contribution in [0.2, 0.25) is 0 Å². The molecule has 0 bridgehead atoms. The van der Waals surface area contributed by atoms with Crippen molar-refractivity contribution in [2.45, 2.75) is 57.2 Å². The Morgan fingerprint density at radius 2 is 2.10 bits per heavy atom. The summed E-state index contributed by atoms with van der Waals surface area (Å²) in [4.78, 5) is 3.58. The van der Waals surface area contributed by atoms with E-state index in [9.17, 15) is 0 Å². The van der Waals surface area contributed by atoms with Crippen molar-refractivity contribution in [3.05, 3.63) is 47.4 Å². The number of nitrogens with one attached hydrogen (secondary N) is 4. The molecule has 7 heteroatoms. The Bertz CT molecular complexity index is 1020. The molecule has 3 aliphatic rings. The van der Waals surface area contributed by atoms with Crippen LogP contribution in [-0.4, -0.2) is 39.1 Å². The Kier molecular flexibility index (Phi) is 4.82. The number of benzene rings is 1. The summed E-state index contributed by atoms with van der Waals surface area (Å²) in [5.74, 6) is 2.05. The lowest BCUT2D eigenvalue weighted by atomic mass is 9.75. The van der Waals surface area contributed by atoms with Gasteiger partial charge in [-0.1, -0.05) is 23.8 Å². The van der Waals surface area contributed by atoms with Gasteiger partial charge in [-0.05, 0) is 67.1 Å². The summed E-state index contributed by atoms with van der Waals surface area (Å²) in [6, 6.07) is 9.51. The second-order valence-corrected chi connectivity index (χ2v) is 9.46. The van der Waals surface area contributed by atoms with E-state index in [4.69, 9.17) is 0 Å². The molecule has 1 aliphatic heterocycles. The zero-order chi connectivity index (χ0) is 19.9. The minimum Gasteiger partial charge on any atom is -0.357 e. The first-order chi connectivity index (χ1) is 14.8. The molecule has 158 valence electrons. The highest BCUT2D eigenvalue weighted by Gasteiger charge is 2.38. The molecule has 0 spiro atoms. The van der Waals surface area contributed by atoms with Crippen LogP contribution in [0.5, 0.6) is 0 Å². The summed E-state index contributed by atoms with van der Waals surface area (Å²) in [5, 5.41) is 13.9. The molecular weight excluding hydrogens is 374 g/mol. The maximum atomic E-state index is 4.56. The number of H-pyrrole nitrogens is 1. The maximum Gasteiger partial charge on any atom is 0.0862 e. The Hall–Kier alpha value is -2.22. The number of rotatable bonds is 7. The number of aromatic amines is 1. The lowest BCUT2D eigenvalue weighted by Crippen LogP contribution is -2.36. The van der Waals surface area contributed by atoms with Crippen LogP contribution < -0.4 is 16.2 Å². The van der Waals surface area contributed by atoms with Crippen LogP contribution in [0.25, 0.3) is 10.9 Å². The molecule has 3 aromatic rings. The van der Waals surface area contributed by atoms with Crippen molar-refractivity contribution in [1.29, 1.82) is 0 Å². The van der Waals surface area contributed by atoms with E-state index in [1.54, 1.807) is 0 Å². The largest absolute Gasteiger partial charge is 0.357 e. The quantitative estimate of drug-likeness (QED) is 0.486. The van der Waals surface area contributed by atoms with Gasteiger partial charge >= 0.3 is 0 Å². The first-order valence-corrected chi connectivity index (χ1v) is 11.5. The van der Waals surface area contributed by atoms with Crippen molar-refractivity contribution in [2.75, 3.05) is 13.1 Å². The standard InChI is InChI=1S/C23H31N7/c1-2-19(20-12-25-27-21(20)3-1)23-14-30(29-28-23)13-16-6-7-17-9-18(26-22(17)8-16)11-24-10-15-4-5-15/h6-9,14-15,19-21,24-27H,1-5,10-13H2. The highest BCUT2D eigenvalue weighted by Crippen LogP contribution is 2.38. The van der Waals surface area contributed by atoms with Crippen LogP contribution in [0.3, 0.4) is 0 Å². The average Bonchev–Trinajstić information content (AvgIpc) is 3.15. The fourth-order valence-electron chi connectivity index (χ4n) is 5.31.